The third-order valence-corrected chi connectivity index (χ3v) is 2.76. The Kier molecular flexibility index (Phi) is 4.63. The first kappa shape index (κ1) is 13.7. The van der Waals surface area contributed by atoms with Gasteiger partial charge in [0.1, 0.15) is 13.2 Å². The lowest BCUT2D eigenvalue weighted by Gasteiger charge is -2.20. The maximum Gasteiger partial charge on any atom is 0.320 e. The van der Waals surface area contributed by atoms with Crippen molar-refractivity contribution in [1.82, 2.24) is 4.90 Å². The van der Waals surface area contributed by atoms with E-state index < -0.39 is 0 Å². The highest BCUT2D eigenvalue weighted by molar-refractivity contribution is 5.71. The summed E-state index contributed by atoms with van der Waals surface area (Å²) in [5, 5.41) is 0. The molecule has 0 spiro atoms. The number of rotatable bonds is 5. The molecule has 5 nitrogen and oxygen atoms in total. The van der Waals surface area contributed by atoms with Crippen molar-refractivity contribution >= 4 is 5.97 Å². The zero-order valence-electron chi connectivity index (χ0n) is 11.3. The second kappa shape index (κ2) is 6.43. The van der Waals surface area contributed by atoms with Crippen molar-refractivity contribution in [2.75, 3.05) is 33.4 Å². The molecule has 1 aromatic carbocycles. The van der Waals surface area contributed by atoms with Gasteiger partial charge in [0.2, 0.25) is 0 Å². The average Bonchev–Trinajstić information content (AvgIpc) is 2.38. The summed E-state index contributed by atoms with van der Waals surface area (Å²) in [6, 6.07) is 5.84. The average molecular weight is 265 g/mol. The van der Waals surface area contributed by atoms with Gasteiger partial charge in [-0.25, -0.2) is 0 Å². The van der Waals surface area contributed by atoms with Gasteiger partial charge in [-0.05, 0) is 31.7 Å². The second-order valence-electron chi connectivity index (χ2n) is 4.46. The van der Waals surface area contributed by atoms with E-state index in [4.69, 9.17) is 14.2 Å². The number of fused-ring (bicyclic) bond motifs is 1. The summed E-state index contributed by atoms with van der Waals surface area (Å²) in [5.41, 5.74) is 1.08. The Balaban J connectivity index is 1.93. The molecule has 1 aliphatic heterocycles. The van der Waals surface area contributed by atoms with Gasteiger partial charge < -0.3 is 14.2 Å². The molecular formula is C14H19NO4. The number of likely N-dealkylation sites (N-methyl/N-ethyl adjacent to an activating group) is 1. The number of nitrogens with zero attached hydrogens (tertiary/aromatic N) is 1. The van der Waals surface area contributed by atoms with Gasteiger partial charge in [-0.1, -0.05) is 6.07 Å². The predicted molar refractivity (Wildman–Crippen MR) is 70.4 cm³/mol. The van der Waals surface area contributed by atoms with E-state index in [1.54, 1.807) is 6.92 Å². The summed E-state index contributed by atoms with van der Waals surface area (Å²) in [7, 11) is 1.88. The van der Waals surface area contributed by atoms with E-state index in [0.29, 0.717) is 26.4 Å². The molecule has 1 aliphatic rings. The molecule has 0 saturated carbocycles. The summed E-state index contributed by atoms with van der Waals surface area (Å²) >= 11 is 0. The number of hydrogen-bond acceptors (Lipinski definition) is 5. The van der Waals surface area contributed by atoms with Crippen LogP contribution in [0.25, 0.3) is 0 Å². The fraction of sp³-hybridized carbons (Fsp3) is 0.500. The van der Waals surface area contributed by atoms with E-state index in [-0.39, 0.29) is 12.5 Å². The van der Waals surface area contributed by atoms with Crippen molar-refractivity contribution in [3.05, 3.63) is 23.8 Å². The quantitative estimate of drug-likeness (QED) is 0.754. The zero-order chi connectivity index (χ0) is 13.7. The third-order valence-electron chi connectivity index (χ3n) is 2.76. The van der Waals surface area contributed by atoms with Gasteiger partial charge >= 0.3 is 5.97 Å². The van der Waals surface area contributed by atoms with E-state index in [2.05, 4.69) is 0 Å². The molecule has 0 fully saturated rings. The van der Waals surface area contributed by atoms with Crippen LogP contribution in [0.15, 0.2) is 18.2 Å². The fourth-order valence-electron chi connectivity index (χ4n) is 1.98. The van der Waals surface area contributed by atoms with Crippen molar-refractivity contribution in [3.63, 3.8) is 0 Å². The molecule has 5 heteroatoms. The minimum atomic E-state index is -0.206. The highest BCUT2D eigenvalue weighted by Gasteiger charge is 2.13. The summed E-state index contributed by atoms with van der Waals surface area (Å²) in [6.07, 6.45) is 0. The lowest BCUT2D eigenvalue weighted by Crippen LogP contribution is -2.27. The van der Waals surface area contributed by atoms with Crippen LogP contribution in [0.3, 0.4) is 0 Å². The topological polar surface area (TPSA) is 48.0 Å². The SMILES string of the molecule is CCOC(=O)CN(C)Cc1ccc2c(c1)OCCO2. The molecule has 2 rings (SSSR count). The molecule has 0 atom stereocenters. The molecule has 19 heavy (non-hydrogen) atoms. The number of carbonyl (C=O) groups excluding carboxylic acids is 1. The normalized spacial score (nSPS) is 13.4. The van der Waals surface area contributed by atoms with E-state index in [0.717, 1.165) is 17.1 Å². The lowest BCUT2D eigenvalue weighted by atomic mass is 10.2. The van der Waals surface area contributed by atoms with Crippen molar-refractivity contribution in [3.8, 4) is 11.5 Å². The number of benzene rings is 1. The molecule has 0 radical (unpaired) electrons. The maximum absolute atomic E-state index is 11.4. The van der Waals surface area contributed by atoms with Gasteiger partial charge in [0.25, 0.3) is 0 Å². The standard InChI is InChI=1S/C14H19NO4/c1-3-17-14(16)10-15(2)9-11-4-5-12-13(8-11)19-7-6-18-12/h4-5,8H,3,6-7,9-10H2,1-2H3. The maximum atomic E-state index is 11.4. The van der Waals surface area contributed by atoms with Gasteiger partial charge in [0, 0.05) is 6.54 Å². The van der Waals surface area contributed by atoms with Crippen molar-refractivity contribution in [1.29, 1.82) is 0 Å². The Hall–Kier alpha value is -1.75. The molecular weight excluding hydrogens is 246 g/mol. The van der Waals surface area contributed by atoms with Crippen LogP contribution in [0.2, 0.25) is 0 Å². The first-order valence-corrected chi connectivity index (χ1v) is 6.41. The zero-order valence-corrected chi connectivity index (χ0v) is 11.3. The van der Waals surface area contributed by atoms with Gasteiger partial charge in [0.15, 0.2) is 11.5 Å². The van der Waals surface area contributed by atoms with Crippen LogP contribution >= 0.6 is 0 Å². The molecule has 104 valence electrons. The van der Waals surface area contributed by atoms with Gasteiger partial charge in [-0.15, -0.1) is 0 Å². The minimum absolute atomic E-state index is 0.206. The Morgan fingerprint density at radius 1 is 1.32 bits per heavy atom. The van der Waals surface area contributed by atoms with E-state index in [9.17, 15) is 4.79 Å². The molecule has 0 bridgehead atoms. The summed E-state index contributed by atoms with van der Waals surface area (Å²) in [6.45, 7) is 4.33. The number of hydrogen-bond donors (Lipinski definition) is 0. The fourth-order valence-corrected chi connectivity index (χ4v) is 1.98. The van der Waals surface area contributed by atoms with E-state index >= 15 is 0 Å². The molecule has 1 heterocycles. The van der Waals surface area contributed by atoms with Crippen LogP contribution in [0.1, 0.15) is 12.5 Å². The predicted octanol–water partition coefficient (Wildman–Crippen LogP) is 1.45. The third kappa shape index (κ3) is 3.86. The first-order chi connectivity index (χ1) is 9.19. The molecule has 0 amide bonds. The van der Waals surface area contributed by atoms with Crippen LogP contribution in [-0.2, 0) is 16.1 Å². The minimum Gasteiger partial charge on any atom is -0.486 e. The van der Waals surface area contributed by atoms with Crippen LogP contribution in [0.5, 0.6) is 11.5 Å². The van der Waals surface area contributed by atoms with Gasteiger partial charge in [0.05, 0.1) is 13.2 Å². The lowest BCUT2D eigenvalue weighted by molar-refractivity contribution is -0.144. The molecule has 0 unspecified atom stereocenters. The Bertz CT molecular complexity index is 447. The van der Waals surface area contributed by atoms with Crippen LogP contribution < -0.4 is 9.47 Å². The molecule has 0 saturated heterocycles. The van der Waals surface area contributed by atoms with Crippen molar-refractivity contribution < 1.29 is 19.0 Å². The van der Waals surface area contributed by atoms with E-state index in [1.807, 2.05) is 30.1 Å². The smallest absolute Gasteiger partial charge is 0.320 e. The molecule has 0 aromatic heterocycles. The first-order valence-electron chi connectivity index (χ1n) is 6.41. The Labute approximate surface area is 113 Å². The Morgan fingerprint density at radius 3 is 2.79 bits per heavy atom. The summed E-state index contributed by atoms with van der Waals surface area (Å²) in [4.78, 5) is 13.3. The van der Waals surface area contributed by atoms with Crippen LogP contribution in [0.4, 0.5) is 0 Å². The van der Waals surface area contributed by atoms with Crippen LogP contribution in [0, 0.1) is 0 Å². The highest BCUT2D eigenvalue weighted by Crippen LogP contribution is 2.30. The highest BCUT2D eigenvalue weighted by atomic mass is 16.6. The van der Waals surface area contributed by atoms with Crippen LogP contribution in [-0.4, -0.2) is 44.3 Å². The van der Waals surface area contributed by atoms with Crippen molar-refractivity contribution in [2.24, 2.45) is 0 Å². The molecule has 0 aliphatic carbocycles. The largest absolute Gasteiger partial charge is 0.486 e. The van der Waals surface area contributed by atoms with Crippen molar-refractivity contribution in [2.45, 2.75) is 13.5 Å². The second-order valence-corrected chi connectivity index (χ2v) is 4.46. The number of ether oxygens (including phenoxy) is 3. The number of esters is 1. The molecule has 0 N–H and O–H groups in total. The summed E-state index contributed by atoms with van der Waals surface area (Å²) < 4.78 is 15.9. The summed E-state index contributed by atoms with van der Waals surface area (Å²) in [5.74, 6) is 1.35. The monoisotopic (exact) mass is 265 g/mol. The molecule has 1 aromatic rings. The Morgan fingerprint density at radius 2 is 2.05 bits per heavy atom. The van der Waals surface area contributed by atoms with E-state index in [1.165, 1.54) is 0 Å². The van der Waals surface area contributed by atoms with Gasteiger partial charge in [-0.3, -0.25) is 9.69 Å². The van der Waals surface area contributed by atoms with Gasteiger partial charge in [-0.2, -0.15) is 0 Å². The number of carbonyl (C=O) groups is 1.